The molecule has 2 atom stereocenters. The summed E-state index contributed by atoms with van der Waals surface area (Å²) in [5.74, 6) is 1.56. The molecular formula is C12H23ClN2O2. The molecule has 0 radical (unpaired) electrons. The smallest absolute Gasteiger partial charge is 0.252 e. The third-order valence-corrected chi connectivity index (χ3v) is 4.02. The Morgan fingerprint density at radius 1 is 1.47 bits per heavy atom. The van der Waals surface area contributed by atoms with E-state index in [9.17, 15) is 4.79 Å². The first kappa shape index (κ1) is 14.7. The summed E-state index contributed by atoms with van der Waals surface area (Å²) in [6, 6.07) is 0. The van der Waals surface area contributed by atoms with E-state index in [0.29, 0.717) is 5.92 Å². The predicted octanol–water partition coefficient (Wildman–Crippen LogP) is 0.949. The Bertz CT molecular complexity index is 267. The maximum absolute atomic E-state index is 12.1. The third kappa shape index (κ3) is 3.33. The number of nitrogens with one attached hydrogen (secondary N) is 2. The Morgan fingerprint density at radius 2 is 2.06 bits per heavy atom. The van der Waals surface area contributed by atoms with Crippen molar-refractivity contribution in [2.24, 2.45) is 11.8 Å². The van der Waals surface area contributed by atoms with Crippen LogP contribution in [0.3, 0.4) is 0 Å². The molecule has 2 unspecified atom stereocenters. The van der Waals surface area contributed by atoms with Crippen LogP contribution >= 0.6 is 12.4 Å². The van der Waals surface area contributed by atoms with E-state index in [1.54, 1.807) is 7.11 Å². The zero-order chi connectivity index (χ0) is 11.6. The Labute approximate surface area is 109 Å². The highest BCUT2D eigenvalue weighted by Crippen LogP contribution is 2.37. The van der Waals surface area contributed by atoms with Crippen LogP contribution in [0.25, 0.3) is 0 Å². The number of amides is 1. The summed E-state index contributed by atoms with van der Waals surface area (Å²) in [4.78, 5) is 12.1. The van der Waals surface area contributed by atoms with Crippen molar-refractivity contribution in [3.63, 3.8) is 0 Å². The summed E-state index contributed by atoms with van der Waals surface area (Å²) in [7, 11) is 1.64. The first-order valence-electron chi connectivity index (χ1n) is 6.22. The van der Waals surface area contributed by atoms with Gasteiger partial charge < -0.3 is 15.4 Å². The van der Waals surface area contributed by atoms with Gasteiger partial charge in [-0.2, -0.15) is 0 Å². The van der Waals surface area contributed by atoms with Crippen LogP contribution in [0.5, 0.6) is 0 Å². The van der Waals surface area contributed by atoms with Gasteiger partial charge >= 0.3 is 0 Å². The molecule has 2 N–H and O–H groups in total. The highest BCUT2D eigenvalue weighted by Gasteiger charge is 2.41. The van der Waals surface area contributed by atoms with Gasteiger partial charge in [0.15, 0.2) is 0 Å². The van der Waals surface area contributed by atoms with Crippen molar-refractivity contribution in [2.75, 3.05) is 26.7 Å². The molecule has 2 aliphatic rings. The van der Waals surface area contributed by atoms with E-state index in [1.807, 2.05) is 0 Å². The fourth-order valence-corrected chi connectivity index (χ4v) is 2.42. The van der Waals surface area contributed by atoms with E-state index in [4.69, 9.17) is 4.74 Å². The van der Waals surface area contributed by atoms with Crippen LogP contribution in [0.4, 0.5) is 0 Å². The van der Waals surface area contributed by atoms with Crippen LogP contribution in [0.1, 0.15) is 26.2 Å². The monoisotopic (exact) mass is 262 g/mol. The number of piperidine rings is 1. The molecule has 1 saturated carbocycles. The van der Waals surface area contributed by atoms with E-state index in [-0.39, 0.29) is 18.3 Å². The Balaban J connectivity index is 0.00000144. The lowest BCUT2D eigenvalue weighted by Crippen LogP contribution is -2.54. The largest absolute Gasteiger partial charge is 0.368 e. The molecule has 5 heteroatoms. The molecule has 100 valence electrons. The molecule has 0 spiro atoms. The maximum atomic E-state index is 12.1. The van der Waals surface area contributed by atoms with E-state index >= 15 is 0 Å². The summed E-state index contributed by atoms with van der Waals surface area (Å²) in [5, 5.41) is 6.30. The van der Waals surface area contributed by atoms with Gasteiger partial charge in [-0.3, -0.25) is 4.79 Å². The predicted molar refractivity (Wildman–Crippen MR) is 69.4 cm³/mol. The first-order chi connectivity index (χ1) is 7.68. The molecule has 1 saturated heterocycles. The van der Waals surface area contributed by atoms with Crippen LogP contribution in [-0.2, 0) is 9.53 Å². The van der Waals surface area contributed by atoms with E-state index < -0.39 is 5.60 Å². The van der Waals surface area contributed by atoms with Gasteiger partial charge in [-0.15, -0.1) is 12.4 Å². The fraction of sp³-hybridized carbons (Fsp3) is 0.917. The van der Waals surface area contributed by atoms with Crippen LogP contribution in [-0.4, -0.2) is 38.3 Å². The summed E-state index contributed by atoms with van der Waals surface area (Å²) < 4.78 is 5.47. The van der Waals surface area contributed by atoms with Crippen LogP contribution < -0.4 is 10.6 Å². The molecule has 17 heavy (non-hydrogen) atoms. The summed E-state index contributed by atoms with van der Waals surface area (Å²) in [6.07, 6.45) is 2.80. The van der Waals surface area contributed by atoms with E-state index in [1.165, 1.54) is 6.42 Å². The van der Waals surface area contributed by atoms with Crippen molar-refractivity contribution in [1.82, 2.24) is 10.6 Å². The number of halogens is 1. The second-order valence-electron chi connectivity index (χ2n) is 5.13. The summed E-state index contributed by atoms with van der Waals surface area (Å²) >= 11 is 0. The van der Waals surface area contributed by atoms with Gasteiger partial charge in [-0.1, -0.05) is 6.92 Å². The van der Waals surface area contributed by atoms with Crippen molar-refractivity contribution < 1.29 is 9.53 Å². The molecule has 0 aromatic carbocycles. The Morgan fingerprint density at radius 3 is 2.53 bits per heavy atom. The molecule has 1 heterocycles. The molecule has 1 amide bonds. The SMILES string of the molecule is COC1(C(=O)NCC2CC2C)CCNCC1.Cl. The molecule has 4 nitrogen and oxygen atoms in total. The average Bonchev–Trinajstić information content (AvgIpc) is 3.03. The van der Waals surface area contributed by atoms with Gasteiger partial charge in [-0.25, -0.2) is 0 Å². The second-order valence-corrected chi connectivity index (χ2v) is 5.13. The first-order valence-corrected chi connectivity index (χ1v) is 6.22. The van der Waals surface area contributed by atoms with Crippen molar-refractivity contribution in [2.45, 2.75) is 31.8 Å². The maximum Gasteiger partial charge on any atom is 0.252 e. The third-order valence-electron chi connectivity index (χ3n) is 4.02. The van der Waals surface area contributed by atoms with Gasteiger partial charge in [0.1, 0.15) is 5.60 Å². The lowest BCUT2D eigenvalue weighted by Gasteiger charge is -2.34. The van der Waals surface area contributed by atoms with Crippen molar-refractivity contribution in [3.8, 4) is 0 Å². The van der Waals surface area contributed by atoms with Crippen molar-refractivity contribution in [3.05, 3.63) is 0 Å². The van der Waals surface area contributed by atoms with Gasteiger partial charge in [0, 0.05) is 13.7 Å². The molecule has 2 fully saturated rings. The Hall–Kier alpha value is -0.320. The Kier molecular flexibility index (Phi) is 5.22. The number of rotatable bonds is 4. The molecule has 1 aliphatic carbocycles. The number of carbonyl (C=O) groups is 1. The minimum atomic E-state index is -0.580. The van der Waals surface area contributed by atoms with E-state index in [0.717, 1.165) is 38.4 Å². The standard InChI is InChI=1S/C12H22N2O2.ClH/c1-9-7-10(9)8-14-11(15)12(16-2)3-5-13-6-4-12;/h9-10,13H,3-8H2,1-2H3,(H,14,15);1H. The van der Waals surface area contributed by atoms with E-state index in [2.05, 4.69) is 17.6 Å². The van der Waals surface area contributed by atoms with Crippen LogP contribution in [0.15, 0.2) is 0 Å². The highest BCUT2D eigenvalue weighted by atomic mass is 35.5. The zero-order valence-electron chi connectivity index (χ0n) is 10.6. The molecular weight excluding hydrogens is 240 g/mol. The highest BCUT2D eigenvalue weighted by molar-refractivity contribution is 5.85. The number of methoxy groups -OCH3 is 1. The summed E-state index contributed by atoms with van der Waals surface area (Å²) in [5.41, 5.74) is -0.580. The topological polar surface area (TPSA) is 50.4 Å². The molecule has 0 aromatic heterocycles. The molecule has 1 aliphatic heterocycles. The molecule has 0 aromatic rings. The normalized spacial score (nSPS) is 30.2. The van der Waals surface area contributed by atoms with Crippen LogP contribution in [0.2, 0.25) is 0 Å². The minimum Gasteiger partial charge on any atom is -0.368 e. The van der Waals surface area contributed by atoms with Gasteiger partial charge in [0.2, 0.25) is 0 Å². The van der Waals surface area contributed by atoms with Gasteiger partial charge in [-0.05, 0) is 44.2 Å². The lowest BCUT2D eigenvalue weighted by atomic mass is 9.91. The van der Waals surface area contributed by atoms with Gasteiger partial charge in [0.05, 0.1) is 0 Å². The van der Waals surface area contributed by atoms with Crippen molar-refractivity contribution >= 4 is 18.3 Å². The number of hydrogen-bond acceptors (Lipinski definition) is 3. The number of ether oxygens (including phenoxy) is 1. The number of carbonyl (C=O) groups excluding carboxylic acids is 1. The lowest BCUT2D eigenvalue weighted by molar-refractivity contribution is -0.146. The second kappa shape index (κ2) is 6.03. The quantitative estimate of drug-likeness (QED) is 0.793. The van der Waals surface area contributed by atoms with Crippen molar-refractivity contribution in [1.29, 1.82) is 0 Å². The minimum absolute atomic E-state index is 0. The summed E-state index contributed by atoms with van der Waals surface area (Å²) in [6.45, 7) is 4.77. The van der Waals surface area contributed by atoms with Gasteiger partial charge in [0.25, 0.3) is 5.91 Å². The average molecular weight is 263 g/mol. The van der Waals surface area contributed by atoms with Crippen LogP contribution in [0, 0.1) is 11.8 Å². The fourth-order valence-electron chi connectivity index (χ4n) is 2.42. The molecule has 0 bridgehead atoms. The number of hydrogen-bond donors (Lipinski definition) is 2. The molecule has 2 rings (SSSR count). The zero-order valence-corrected chi connectivity index (χ0v) is 11.4.